The highest BCUT2D eigenvalue weighted by atomic mass is 28.4. The third-order valence-corrected chi connectivity index (χ3v) is 16.2. The van der Waals surface area contributed by atoms with E-state index in [9.17, 15) is 4.79 Å². The van der Waals surface area contributed by atoms with Crippen molar-refractivity contribution in [3.05, 3.63) is 96.1 Å². The zero-order valence-electron chi connectivity index (χ0n) is 28.6. The molecule has 244 valence electrons. The van der Waals surface area contributed by atoms with E-state index >= 15 is 0 Å². The molecule has 0 radical (unpaired) electrons. The van der Waals surface area contributed by atoms with Crippen molar-refractivity contribution < 1.29 is 14.0 Å². The Labute approximate surface area is 277 Å². The van der Waals surface area contributed by atoms with Gasteiger partial charge in [0.25, 0.3) is 8.32 Å². The van der Waals surface area contributed by atoms with Gasteiger partial charge in [0.2, 0.25) is 0 Å². The van der Waals surface area contributed by atoms with Crippen LogP contribution >= 0.6 is 0 Å². The fourth-order valence-corrected chi connectivity index (χ4v) is 13.8. The number of piperidine rings is 2. The highest BCUT2D eigenvalue weighted by Gasteiger charge is 2.64. The van der Waals surface area contributed by atoms with Crippen LogP contribution in [0.3, 0.4) is 0 Å². The molecule has 3 bridgehead atoms. The molecule has 7 rings (SSSR count). The Balaban J connectivity index is 1.32. The van der Waals surface area contributed by atoms with E-state index in [0.717, 1.165) is 25.9 Å². The van der Waals surface area contributed by atoms with Crippen LogP contribution in [0.1, 0.15) is 90.7 Å². The Kier molecular flexibility index (Phi) is 8.22. The van der Waals surface area contributed by atoms with E-state index in [-0.39, 0.29) is 35.4 Å². The van der Waals surface area contributed by atoms with Gasteiger partial charge in [-0.2, -0.15) is 0 Å². The Bertz CT molecular complexity index is 1490. The predicted molar refractivity (Wildman–Crippen MR) is 188 cm³/mol. The van der Waals surface area contributed by atoms with Gasteiger partial charge in [0.05, 0.1) is 24.2 Å². The van der Waals surface area contributed by atoms with Crippen LogP contribution in [-0.4, -0.2) is 60.6 Å². The summed E-state index contributed by atoms with van der Waals surface area (Å²) in [5.41, 5.74) is 2.31. The van der Waals surface area contributed by atoms with E-state index in [0.29, 0.717) is 11.8 Å². The summed E-state index contributed by atoms with van der Waals surface area (Å²) in [5, 5.41) is 2.42. The molecule has 4 aliphatic rings. The van der Waals surface area contributed by atoms with Crippen LogP contribution < -0.4 is 10.4 Å². The van der Waals surface area contributed by atoms with E-state index < -0.39 is 13.9 Å². The largest absolute Gasteiger partial charge is 0.444 e. The molecule has 3 aliphatic heterocycles. The van der Waals surface area contributed by atoms with Gasteiger partial charge in [-0.1, -0.05) is 112 Å². The zero-order chi connectivity index (χ0) is 32.3. The monoisotopic (exact) mass is 636 g/mol. The average molecular weight is 637 g/mol. The molecule has 4 unspecified atom stereocenters. The molecule has 5 nitrogen and oxygen atoms in total. The second-order valence-electron chi connectivity index (χ2n) is 16.4. The maximum absolute atomic E-state index is 14.1. The third-order valence-electron chi connectivity index (χ3n) is 11.1. The summed E-state index contributed by atoms with van der Waals surface area (Å²) in [6, 6.07) is 31.4. The second kappa shape index (κ2) is 11.9. The molecule has 1 amide bonds. The first-order valence-corrected chi connectivity index (χ1v) is 19.5. The number of hydrogen-bond acceptors (Lipinski definition) is 4. The van der Waals surface area contributed by atoms with Crippen molar-refractivity contribution >= 4 is 24.8 Å². The minimum atomic E-state index is -2.87. The SMILES string of the molecule is CC(C)(C)OC(=O)N1C2CC3CC1[C@H](O[Si](c1ccccc1)(c1ccccc1)C(C)(C)C)C2N(Cc1cccc(C2CCC2)c1)C3. The van der Waals surface area contributed by atoms with Crippen LogP contribution in [0.25, 0.3) is 0 Å². The first-order valence-electron chi connectivity index (χ1n) is 17.6. The van der Waals surface area contributed by atoms with Gasteiger partial charge in [-0.15, -0.1) is 0 Å². The van der Waals surface area contributed by atoms with Gasteiger partial charge >= 0.3 is 6.09 Å². The highest BCUT2D eigenvalue weighted by Crippen LogP contribution is 2.50. The van der Waals surface area contributed by atoms with Crippen LogP contribution in [0.15, 0.2) is 84.9 Å². The third kappa shape index (κ3) is 5.65. The van der Waals surface area contributed by atoms with Gasteiger partial charge in [-0.25, -0.2) is 4.79 Å². The number of benzene rings is 3. The number of fused-ring (bicyclic) bond motifs is 2. The van der Waals surface area contributed by atoms with Crippen LogP contribution in [0.2, 0.25) is 5.04 Å². The van der Waals surface area contributed by atoms with Crippen molar-refractivity contribution in [1.82, 2.24) is 9.80 Å². The molecular weight excluding hydrogens is 585 g/mol. The average Bonchev–Trinajstić information content (AvgIpc) is 3.09. The van der Waals surface area contributed by atoms with Crippen LogP contribution in [0.4, 0.5) is 4.79 Å². The lowest BCUT2D eigenvalue weighted by Gasteiger charge is -2.47. The zero-order valence-corrected chi connectivity index (χ0v) is 29.6. The molecule has 3 aromatic rings. The quantitative estimate of drug-likeness (QED) is 0.252. The number of hydrogen-bond donors (Lipinski definition) is 0. The van der Waals surface area contributed by atoms with Gasteiger partial charge in [0.15, 0.2) is 0 Å². The van der Waals surface area contributed by atoms with E-state index in [1.807, 2.05) is 20.8 Å². The topological polar surface area (TPSA) is 42.0 Å². The standard InChI is InChI=1S/C40H52N2O3Si/c1-39(2,3)44-38(43)42-34-24-29-25-35(42)37(36(34)41(27-29)26-28-15-13-18-31(23-28)30-16-14-17-30)45-46(40(4,5)6,32-19-9-7-10-20-32)33-21-11-8-12-22-33/h7-13,15,18-23,29-30,34-37H,14,16-17,24-27H2,1-6H3/t29?,34?,35?,36?,37-/m0/s1. The van der Waals surface area contributed by atoms with Crippen LogP contribution in [0, 0.1) is 5.92 Å². The molecule has 0 N–H and O–H groups in total. The number of rotatable bonds is 7. The summed E-state index contributed by atoms with van der Waals surface area (Å²) in [7, 11) is -2.87. The van der Waals surface area contributed by atoms with Gasteiger partial charge in [0.1, 0.15) is 5.60 Å². The minimum Gasteiger partial charge on any atom is -0.444 e. The molecule has 0 aromatic heterocycles. The maximum atomic E-state index is 14.1. The van der Waals surface area contributed by atoms with E-state index in [2.05, 4.69) is 116 Å². The van der Waals surface area contributed by atoms with Crippen molar-refractivity contribution in [1.29, 1.82) is 0 Å². The number of ether oxygens (including phenoxy) is 1. The molecule has 6 heteroatoms. The van der Waals surface area contributed by atoms with Crippen molar-refractivity contribution in [2.24, 2.45) is 5.92 Å². The smallest absolute Gasteiger partial charge is 0.410 e. The van der Waals surface area contributed by atoms with Crippen molar-refractivity contribution in [2.75, 3.05) is 6.54 Å². The summed E-state index contributed by atoms with van der Waals surface area (Å²) < 4.78 is 14.1. The Morgan fingerprint density at radius 1 is 0.826 bits per heavy atom. The first-order chi connectivity index (χ1) is 21.9. The minimum absolute atomic E-state index is 0.0171. The summed E-state index contributed by atoms with van der Waals surface area (Å²) >= 11 is 0. The fourth-order valence-electron chi connectivity index (χ4n) is 9.07. The Morgan fingerprint density at radius 2 is 1.46 bits per heavy atom. The lowest BCUT2D eigenvalue weighted by molar-refractivity contribution is -0.0206. The fraction of sp³-hybridized carbons (Fsp3) is 0.525. The number of carbonyl (C=O) groups excluding carboxylic acids is 1. The molecule has 1 aliphatic carbocycles. The van der Waals surface area contributed by atoms with Crippen LogP contribution in [-0.2, 0) is 15.7 Å². The first kappa shape index (κ1) is 31.7. The normalized spacial score (nSPS) is 26.7. The molecule has 0 spiro atoms. The van der Waals surface area contributed by atoms with Crippen molar-refractivity contribution in [2.45, 2.75) is 121 Å². The van der Waals surface area contributed by atoms with Crippen molar-refractivity contribution in [3.63, 3.8) is 0 Å². The maximum Gasteiger partial charge on any atom is 0.410 e. The van der Waals surface area contributed by atoms with Crippen LogP contribution in [0.5, 0.6) is 0 Å². The highest BCUT2D eigenvalue weighted by molar-refractivity contribution is 6.99. The summed E-state index contributed by atoms with van der Waals surface area (Å²) in [5.74, 6) is 1.25. The van der Waals surface area contributed by atoms with E-state index in [4.69, 9.17) is 9.16 Å². The van der Waals surface area contributed by atoms with Crippen molar-refractivity contribution in [3.8, 4) is 0 Å². The summed E-state index contributed by atoms with van der Waals surface area (Å²) in [4.78, 5) is 18.9. The molecular formula is C40H52N2O3Si. The molecule has 3 saturated heterocycles. The van der Waals surface area contributed by atoms with Gasteiger partial charge in [-0.05, 0) is 84.8 Å². The molecule has 1 saturated carbocycles. The van der Waals surface area contributed by atoms with Gasteiger partial charge in [-0.3, -0.25) is 9.80 Å². The number of carbonyl (C=O) groups is 1. The molecule has 3 heterocycles. The molecule has 5 atom stereocenters. The Morgan fingerprint density at radius 3 is 2.02 bits per heavy atom. The lowest BCUT2D eigenvalue weighted by Crippen LogP contribution is -2.69. The number of likely N-dealkylation sites (tertiary alicyclic amines) is 1. The Hall–Kier alpha value is -2.93. The van der Waals surface area contributed by atoms with E-state index in [1.54, 1.807) is 0 Å². The summed E-state index contributed by atoms with van der Waals surface area (Å²) in [6.45, 7) is 14.9. The summed E-state index contributed by atoms with van der Waals surface area (Å²) in [6.07, 6.45) is 5.62. The predicted octanol–water partition coefficient (Wildman–Crippen LogP) is 7.48. The van der Waals surface area contributed by atoms with Gasteiger partial charge < -0.3 is 9.16 Å². The number of amides is 1. The molecule has 46 heavy (non-hydrogen) atoms. The lowest BCUT2D eigenvalue weighted by atomic mass is 9.79. The van der Waals surface area contributed by atoms with Gasteiger partial charge in [0, 0.05) is 13.1 Å². The molecule has 3 aromatic carbocycles. The second-order valence-corrected chi connectivity index (χ2v) is 20.7. The van der Waals surface area contributed by atoms with E-state index in [1.165, 1.54) is 40.8 Å². The number of nitrogens with zero attached hydrogens (tertiary/aromatic N) is 2. The molecule has 4 fully saturated rings.